The molecule has 0 spiro atoms. The fourth-order valence-corrected chi connectivity index (χ4v) is 1.58. The minimum atomic E-state index is -0.0810. The molecule has 2 aliphatic rings. The summed E-state index contributed by atoms with van der Waals surface area (Å²) in [5, 5.41) is 9.21. The number of epoxide rings is 1. The van der Waals surface area contributed by atoms with Crippen molar-refractivity contribution in [2.24, 2.45) is 0 Å². The van der Waals surface area contributed by atoms with E-state index in [-0.39, 0.29) is 6.10 Å². The van der Waals surface area contributed by atoms with Crippen LogP contribution in [0.2, 0.25) is 0 Å². The lowest BCUT2D eigenvalue weighted by Gasteiger charge is -2.03. The summed E-state index contributed by atoms with van der Waals surface area (Å²) in [5.74, 6) is 0. The van der Waals surface area contributed by atoms with Crippen LogP contribution in [0.4, 0.5) is 0 Å². The van der Waals surface area contributed by atoms with Gasteiger partial charge >= 0.3 is 0 Å². The minimum Gasteiger partial charge on any atom is -0.393 e. The molecule has 0 bridgehead atoms. The summed E-state index contributed by atoms with van der Waals surface area (Å²) >= 11 is 0. The second-order valence-corrected chi connectivity index (χ2v) is 3.03. The Hall–Kier alpha value is -0.0800. The summed E-state index contributed by atoms with van der Waals surface area (Å²) in [4.78, 5) is 0. The normalized spacial score (nSPS) is 49.7. The molecule has 1 saturated carbocycles. The fourth-order valence-electron chi connectivity index (χ4n) is 1.58. The third-order valence-electron chi connectivity index (χ3n) is 2.22. The smallest absolute Gasteiger partial charge is 0.0866 e. The highest BCUT2D eigenvalue weighted by atomic mass is 16.6. The van der Waals surface area contributed by atoms with Crippen LogP contribution in [0, 0.1) is 0 Å². The molecule has 0 aromatic carbocycles. The van der Waals surface area contributed by atoms with Crippen LogP contribution >= 0.6 is 0 Å². The highest BCUT2D eigenvalue weighted by Crippen LogP contribution is 2.34. The van der Waals surface area contributed by atoms with Crippen LogP contribution in [-0.4, -0.2) is 23.4 Å². The molecule has 1 aliphatic carbocycles. The average molecular weight is 128 g/mol. The molecule has 1 saturated heterocycles. The van der Waals surface area contributed by atoms with Gasteiger partial charge in [-0.2, -0.15) is 0 Å². The maximum absolute atomic E-state index is 9.21. The number of rotatable bonds is 0. The molecular formula is C7H12O2. The van der Waals surface area contributed by atoms with Crippen molar-refractivity contribution in [1.82, 2.24) is 0 Å². The van der Waals surface area contributed by atoms with Gasteiger partial charge in [-0.25, -0.2) is 0 Å². The predicted octanol–water partition coefficient (Wildman–Crippen LogP) is 0.689. The molecule has 1 heterocycles. The number of aliphatic hydroxyl groups excluding tert-OH is 1. The van der Waals surface area contributed by atoms with E-state index in [1.165, 1.54) is 6.42 Å². The van der Waals surface area contributed by atoms with Crippen molar-refractivity contribution < 1.29 is 9.84 Å². The van der Waals surface area contributed by atoms with Crippen molar-refractivity contribution in [2.45, 2.75) is 44.0 Å². The molecule has 0 unspecified atom stereocenters. The number of ether oxygens (including phenoxy) is 1. The lowest BCUT2D eigenvalue weighted by Crippen LogP contribution is -2.07. The average Bonchev–Trinajstić information content (AvgIpc) is 2.43. The fraction of sp³-hybridized carbons (Fsp3) is 1.00. The zero-order chi connectivity index (χ0) is 6.27. The summed E-state index contributed by atoms with van der Waals surface area (Å²) < 4.78 is 5.27. The van der Waals surface area contributed by atoms with Crippen LogP contribution in [0.5, 0.6) is 0 Å². The van der Waals surface area contributed by atoms with Gasteiger partial charge in [0.15, 0.2) is 0 Å². The Bertz CT molecular complexity index is 113. The van der Waals surface area contributed by atoms with Crippen molar-refractivity contribution in [3.8, 4) is 0 Å². The highest BCUT2D eigenvalue weighted by molar-refractivity contribution is 4.89. The zero-order valence-electron chi connectivity index (χ0n) is 5.42. The van der Waals surface area contributed by atoms with E-state index in [9.17, 15) is 5.11 Å². The lowest BCUT2D eigenvalue weighted by atomic mass is 10.1. The van der Waals surface area contributed by atoms with Gasteiger partial charge in [-0.15, -0.1) is 0 Å². The first-order valence-corrected chi connectivity index (χ1v) is 3.70. The maximum Gasteiger partial charge on any atom is 0.0866 e. The first kappa shape index (κ1) is 5.69. The topological polar surface area (TPSA) is 32.8 Å². The molecule has 1 aliphatic heterocycles. The van der Waals surface area contributed by atoms with Crippen molar-refractivity contribution in [3.63, 3.8) is 0 Å². The van der Waals surface area contributed by atoms with Crippen molar-refractivity contribution in [1.29, 1.82) is 0 Å². The summed E-state index contributed by atoms with van der Waals surface area (Å²) in [6.45, 7) is 0. The highest BCUT2D eigenvalue weighted by Gasteiger charge is 2.41. The first-order valence-electron chi connectivity index (χ1n) is 3.70. The van der Waals surface area contributed by atoms with E-state index < -0.39 is 0 Å². The minimum absolute atomic E-state index is 0.0810. The summed E-state index contributed by atoms with van der Waals surface area (Å²) in [6, 6.07) is 0. The van der Waals surface area contributed by atoms with Crippen LogP contribution < -0.4 is 0 Å². The molecule has 0 aromatic heterocycles. The molecule has 3 atom stereocenters. The van der Waals surface area contributed by atoms with E-state index in [0.717, 1.165) is 19.3 Å². The monoisotopic (exact) mass is 128 g/mol. The van der Waals surface area contributed by atoms with E-state index in [0.29, 0.717) is 12.2 Å². The summed E-state index contributed by atoms with van der Waals surface area (Å²) in [6.07, 6.45) is 5.03. The Balaban J connectivity index is 1.92. The van der Waals surface area contributed by atoms with Crippen molar-refractivity contribution >= 4 is 0 Å². The molecule has 0 amide bonds. The lowest BCUT2D eigenvalue weighted by molar-refractivity contribution is 0.137. The Labute approximate surface area is 54.8 Å². The van der Waals surface area contributed by atoms with Gasteiger partial charge in [0.05, 0.1) is 18.3 Å². The molecule has 52 valence electrons. The SMILES string of the molecule is O[C@H]1CCC[C@@H]2O[C@@H]2C1. The largest absolute Gasteiger partial charge is 0.393 e. The predicted molar refractivity (Wildman–Crippen MR) is 33.1 cm³/mol. The zero-order valence-corrected chi connectivity index (χ0v) is 5.42. The van der Waals surface area contributed by atoms with Crippen LogP contribution in [0.3, 0.4) is 0 Å². The van der Waals surface area contributed by atoms with Gasteiger partial charge in [0.25, 0.3) is 0 Å². The third kappa shape index (κ3) is 1.10. The molecule has 2 heteroatoms. The molecule has 2 nitrogen and oxygen atoms in total. The van der Waals surface area contributed by atoms with E-state index in [2.05, 4.69) is 0 Å². The molecule has 9 heavy (non-hydrogen) atoms. The second kappa shape index (κ2) is 1.96. The molecule has 2 rings (SSSR count). The van der Waals surface area contributed by atoms with Crippen LogP contribution in [0.1, 0.15) is 25.7 Å². The summed E-state index contributed by atoms with van der Waals surface area (Å²) in [7, 11) is 0. The third-order valence-corrected chi connectivity index (χ3v) is 2.22. The van der Waals surface area contributed by atoms with Gasteiger partial charge in [0.1, 0.15) is 0 Å². The number of hydrogen-bond donors (Lipinski definition) is 1. The number of aliphatic hydroxyl groups is 1. The first-order chi connectivity index (χ1) is 4.36. The van der Waals surface area contributed by atoms with Crippen LogP contribution in [0.15, 0.2) is 0 Å². The molecular weight excluding hydrogens is 116 g/mol. The van der Waals surface area contributed by atoms with Gasteiger partial charge in [0, 0.05) is 6.42 Å². The number of fused-ring (bicyclic) bond motifs is 1. The molecule has 0 radical (unpaired) electrons. The van der Waals surface area contributed by atoms with Gasteiger partial charge in [-0.3, -0.25) is 0 Å². The van der Waals surface area contributed by atoms with Crippen molar-refractivity contribution in [3.05, 3.63) is 0 Å². The van der Waals surface area contributed by atoms with E-state index in [1.807, 2.05) is 0 Å². The maximum atomic E-state index is 9.21. The van der Waals surface area contributed by atoms with Gasteiger partial charge in [-0.05, 0) is 19.3 Å². The van der Waals surface area contributed by atoms with Crippen LogP contribution in [-0.2, 0) is 4.74 Å². The standard InChI is InChI=1S/C7H12O2/c8-5-2-1-3-6-7(4-5)9-6/h5-8H,1-4H2/t5-,6-,7+/m0/s1. The Morgan fingerprint density at radius 2 is 2.11 bits per heavy atom. The van der Waals surface area contributed by atoms with Gasteiger partial charge in [-0.1, -0.05) is 0 Å². The Kier molecular flexibility index (Phi) is 1.24. The van der Waals surface area contributed by atoms with Gasteiger partial charge in [0.2, 0.25) is 0 Å². The quantitative estimate of drug-likeness (QED) is 0.487. The van der Waals surface area contributed by atoms with E-state index >= 15 is 0 Å². The Morgan fingerprint density at radius 1 is 1.22 bits per heavy atom. The Morgan fingerprint density at radius 3 is 3.00 bits per heavy atom. The summed E-state index contributed by atoms with van der Waals surface area (Å²) in [5.41, 5.74) is 0. The second-order valence-electron chi connectivity index (χ2n) is 3.03. The molecule has 1 N–H and O–H groups in total. The van der Waals surface area contributed by atoms with Crippen LogP contribution in [0.25, 0.3) is 0 Å². The van der Waals surface area contributed by atoms with E-state index in [1.54, 1.807) is 0 Å². The molecule has 2 fully saturated rings. The van der Waals surface area contributed by atoms with Crippen molar-refractivity contribution in [2.75, 3.05) is 0 Å². The van der Waals surface area contributed by atoms with Gasteiger partial charge < -0.3 is 9.84 Å². The van der Waals surface area contributed by atoms with E-state index in [4.69, 9.17) is 4.74 Å². The number of hydrogen-bond acceptors (Lipinski definition) is 2. The molecule has 0 aromatic rings.